The Balaban J connectivity index is 1.89. The molecule has 0 saturated carbocycles. The predicted molar refractivity (Wildman–Crippen MR) is 84.3 cm³/mol. The lowest BCUT2D eigenvalue weighted by Crippen LogP contribution is -2.16. The second-order valence-corrected chi connectivity index (χ2v) is 5.27. The summed E-state index contributed by atoms with van der Waals surface area (Å²) >= 11 is 0. The van der Waals surface area contributed by atoms with Crippen molar-refractivity contribution < 1.29 is 9.53 Å². The second kappa shape index (κ2) is 6.00. The van der Waals surface area contributed by atoms with Gasteiger partial charge < -0.3 is 10.1 Å². The van der Waals surface area contributed by atoms with E-state index in [1.54, 1.807) is 7.11 Å². The highest BCUT2D eigenvalue weighted by atomic mass is 16.5. The predicted octanol–water partition coefficient (Wildman–Crippen LogP) is 3.48. The van der Waals surface area contributed by atoms with E-state index in [0.29, 0.717) is 6.42 Å². The summed E-state index contributed by atoms with van der Waals surface area (Å²) in [5.41, 5.74) is 4.03. The Morgan fingerprint density at radius 1 is 1.19 bits per heavy atom. The van der Waals surface area contributed by atoms with Crippen LogP contribution < -0.4 is 10.1 Å². The average molecular weight is 281 g/mol. The zero-order chi connectivity index (χ0) is 14.7. The molecule has 0 unspecified atom stereocenters. The number of anilines is 1. The van der Waals surface area contributed by atoms with E-state index in [4.69, 9.17) is 4.74 Å². The lowest BCUT2D eigenvalue weighted by molar-refractivity contribution is 0.0991. The first-order chi connectivity index (χ1) is 10.3. The molecule has 0 bridgehead atoms. The van der Waals surface area contributed by atoms with Crippen molar-refractivity contribution in [2.24, 2.45) is 0 Å². The largest absolute Gasteiger partial charge is 0.496 e. The Hall–Kier alpha value is -2.29. The summed E-state index contributed by atoms with van der Waals surface area (Å²) in [5.74, 6) is 0.925. The number of para-hydroxylation sites is 1. The molecular weight excluding hydrogens is 262 g/mol. The van der Waals surface area contributed by atoms with Gasteiger partial charge in [-0.2, -0.15) is 0 Å². The molecular formula is C18H19NO2. The quantitative estimate of drug-likeness (QED) is 0.872. The van der Waals surface area contributed by atoms with Crippen molar-refractivity contribution in [3.05, 3.63) is 59.2 Å². The van der Waals surface area contributed by atoms with Gasteiger partial charge in [-0.25, -0.2) is 0 Å². The van der Waals surface area contributed by atoms with E-state index in [1.807, 2.05) is 42.5 Å². The van der Waals surface area contributed by atoms with Crippen LogP contribution >= 0.6 is 0 Å². The van der Waals surface area contributed by atoms with E-state index >= 15 is 0 Å². The molecule has 0 aliphatic carbocycles. The summed E-state index contributed by atoms with van der Waals surface area (Å²) in [7, 11) is 1.64. The molecule has 0 saturated heterocycles. The number of carbonyl (C=O) groups excluding carboxylic acids is 1. The van der Waals surface area contributed by atoms with Crippen LogP contribution in [0.15, 0.2) is 42.5 Å². The standard InChI is InChI=1S/C18H19NO2/c1-21-18-10-3-2-6-13(18)12-17(20)15-7-4-9-16-14(15)8-5-11-19-16/h2-4,6-7,9-10,19H,5,8,11-12H2,1H3. The van der Waals surface area contributed by atoms with Gasteiger partial charge >= 0.3 is 0 Å². The maximum Gasteiger partial charge on any atom is 0.167 e. The number of fused-ring (bicyclic) bond motifs is 1. The lowest BCUT2D eigenvalue weighted by Gasteiger charge is -2.20. The van der Waals surface area contributed by atoms with Gasteiger partial charge in [-0.05, 0) is 30.5 Å². The summed E-state index contributed by atoms with van der Waals surface area (Å²) in [6, 6.07) is 13.6. The average Bonchev–Trinajstić information content (AvgIpc) is 2.54. The van der Waals surface area contributed by atoms with Gasteiger partial charge in [0, 0.05) is 29.8 Å². The van der Waals surface area contributed by atoms with Crippen LogP contribution in [0.4, 0.5) is 5.69 Å². The number of methoxy groups -OCH3 is 1. The monoisotopic (exact) mass is 281 g/mol. The van der Waals surface area contributed by atoms with E-state index < -0.39 is 0 Å². The number of rotatable bonds is 4. The number of benzene rings is 2. The van der Waals surface area contributed by atoms with E-state index in [9.17, 15) is 4.79 Å². The van der Waals surface area contributed by atoms with Crippen molar-refractivity contribution in [1.29, 1.82) is 0 Å². The van der Waals surface area contributed by atoms with Gasteiger partial charge in [-0.1, -0.05) is 30.3 Å². The van der Waals surface area contributed by atoms with E-state index in [1.165, 1.54) is 0 Å². The molecule has 21 heavy (non-hydrogen) atoms. The molecule has 0 fully saturated rings. The third-order valence-electron chi connectivity index (χ3n) is 3.94. The topological polar surface area (TPSA) is 38.3 Å². The minimum Gasteiger partial charge on any atom is -0.496 e. The fraction of sp³-hybridized carbons (Fsp3) is 0.278. The summed E-state index contributed by atoms with van der Waals surface area (Å²) in [4.78, 5) is 12.7. The van der Waals surface area contributed by atoms with Crippen molar-refractivity contribution in [2.75, 3.05) is 19.0 Å². The van der Waals surface area contributed by atoms with Gasteiger partial charge in [0.1, 0.15) is 5.75 Å². The van der Waals surface area contributed by atoms with E-state index in [-0.39, 0.29) is 5.78 Å². The number of ketones is 1. The van der Waals surface area contributed by atoms with Crippen molar-refractivity contribution in [1.82, 2.24) is 0 Å². The van der Waals surface area contributed by atoms with Crippen LogP contribution in [-0.2, 0) is 12.8 Å². The Morgan fingerprint density at radius 2 is 2.05 bits per heavy atom. The number of carbonyl (C=O) groups is 1. The summed E-state index contributed by atoms with van der Waals surface area (Å²) in [5, 5.41) is 3.37. The minimum absolute atomic E-state index is 0.153. The number of ether oxygens (including phenoxy) is 1. The van der Waals surface area contributed by atoms with Crippen molar-refractivity contribution >= 4 is 11.5 Å². The van der Waals surface area contributed by atoms with Crippen LogP contribution in [0.5, 0.6) is 5.75 Å². The van der Waals surface area contributed by atoms with Gasteiger partial charge in [0.15, 0.2) is 5.78 Å². The highest BCUT2D eigenvalue weighted by molar-refractivity contribution is 6.00. The fourth-order valence-electron chi connectivity index (χ4n) is 2.89. The van der Waals surface area contributed by atoms with Gasteiger partial charge in [0.25, 0.3) is 0 Å². The summed E-state index contributed by atoms with van der Waals surface area (Å²) < 4.78 is 5.33. The fourth-order valence-corrected chi connectivity index (χ4v) is 2.89. The molecule has 1 aliphatic rings. The number of Topliss-reactive ketones (excluding diaryl/α,β-unsaturated/α-hetero) is 1. The van der Waals surface area contributed by atoms with Crippen molar-refractivity contribution in [3.8, 4) is 5.75 Å². The van der Waals surface area contributed by atoms with Gasteiger partial charge in [0.05, 0.1) is 7.11 Å². The minimum atomic E-state index is 0.153. The highest BCUT2D eigenvalue weighted by Gasteiger charge is 2.18. The van der Waals surface area contributed by atoms with Crippen LogP contribution in [0, 0.1) is 0 Å². The Kier molecular flexibility index (Phi) is 3.91. The van der Waals surface area contributed by atoms with Crippen LogP contribution in [0.1, 0.15) is 27.9 Å². The highest BCUT2D eigenvalue weighted by Crippen LogP contribution is 2.27. The summed E-state index contributed by atoms with van der Waals surface area (Å²) in [6.45, 7) is 0.983. The maximum atomic E-state index is 12.7. The number of hydrogen-bond acceptors (Lipinski definition) is 3. The first kappa shape index (κ1) is 13.7. The molecule has 0 atom stereocenters. The molecule has 1 aliphatic heterocycles. The van der Waals surface area contributed by atoms with Gasteiger partial charge in [-0.15, -0.1) is 0 Å². The smallest absolute Gasteiger partial charge is 0.167 e. The van der Waals surface area contributed by atoms with Crippen LogP contribution in [0.25, 0.3) is 0 Å². The maximum absolute atomic E-state index is 12.7. The van der Waals surface area contributed by atoms with Crippen molar-refractivity contribution in [3.63, 3.8) is 0 Å². The Morgan fingerprint density at radius 3 is 2.90 bits per heavy atom. The third kappa shape index (κ3) is 2.77. The lowest BCUT2D eigenvalue weighted by atomic mass is 9.92. The molecule has 2 aromatic carbocycles. The SMILES string of the molecule is COc1ccccc1CC(=O)c1cccc2c1CCCN2. The normalized spacial score (nSPS) is 13.2. The first-order valence-electron chi connectivity index (χ1n) is 7.30. The Bertz CT molecular complexity index is 664. The van der Waals surface area contributed by atoms with Gasteiger partial charge in [-0.3, -0.25) is 4.79 Å². The molecule has 0 radical (unpaired) electrons. The molecule has 2 aromatic rings. The number of hydrogen-bond donors (Lipinski definition) is 1. The van der Waals surface area contributed by atoms with Crippen LogP contribution in [0.3, 0.4) is 0 Å². The number of nitrogens with one attached hydrogen (secondary N) is 1. The molecule has 0 amide bonds. The Labute approximate surface area is 124 Å². The molecule has 1 heterocycles. The van der Waals surface area contributed by atoms with Gasteiger partial charge in [0.2, 0.25) is 0 Å². The molecule has 3 heteroatoms. The molecule has 108 valence electrons. The molecule has 3 nitrogen and oxygen atoms in total. The molecule has 0 aromatic heterocycles. The van der Waals surface area contributed by atoms with E-state index in [0.717, 1.165) is 47.5 Å². The van der Waals surface area contributed by atoms with Crippen LogP contribution in [-0.4, -0.2) is 19.4 Å². The molecule has 1 N–H and O–H groups in total. The first-order valence-corrected chi connectivity index (χ1v) is 7.30. The summed E-state index contributed by atoms with van der Waals surface area (Å²) in [6.07, 6.45) is 2.42. The van der Waals surface area contributed by atoms with Crippen LogP contribution in [0.2, 0.25) is 0 Å². The third-order valence-corrected chi connectivity index (χ3v) is 3.94. The molecule has 3 rings (SSSR count). The van der Waals surface area contributed by atoms with E-state index in [2.05, 4.69) is 5.32 Å². The molecule has 0 spiro atoms. The second-order valence-electron chi connectivity index (χ2n) is 5.27. The zero-order valence-electron chi connectivity index (χ0n) is 12.2. The zero-order valence-corrected chi connectivity index (χ0v) is 12.2. The van der Waals surface area contributed by atoms with Crippen molar-refractivity contribution in [2.45, 2.75) is 19.3 Å².